The molecule has 39 heavy (non-hydrogen) atoms. The second-order valence-electron chi connectivity index (χ2n) is 9.16. The van der Waals surface area contributed by atoms with Crippen LogP contribution in [-0.4, -0.2) is 18.8 Å². The van der Waals surface area contributed by atoms with Gasteiger partial charge in [-0.3, -0.25) is 0 Å². The van der Waals surface area contributed by atoms with Crippen molar-refractivity contribution in [3.8, 4) is 31.3 Å². The van der Waals surface area contributed by atoms with Crippen LogP contribution in [0.2, 0.25) is 0 Å². The van der Waals surface area contributed by atoms with E-state index < -0.39 is 0 Å². The normalized spacial score (nSPS) is 11.8. The summed E-state index contributed by atoms with van der Waals surface area (Å²) in [5.41, 5.74) is 4.00. The third kappa shape index (κ3) is 4.37. The Hall–Kier alpha value is -2.19. The van der Waals surface area contributed by atoms with Gasteiger partial charge >= 0.3 is 0 Å². The Morgan fingerprint density at radius 1 is 0.410 bits per heavy atom. The molecule has 7 aromatic rings. The van der Waals surface area contributed by atoms with Crippen molar-refractivity contribution in [1.29, 1.82) is 0 Å². The average molecular weight is 613 g/mol. The molecule has 0 fully saturated rings. The quantitative estimate of drug-likeness (QED) is 0.171. The predicted octanol–water partition coefficient (Wildman–Crippen LogP) is 12.5. The molecule has 192 valence electrons. The lowest BCUT2D eigenvalue weighted by Gasteiger charge is -2.03. The molecule has 0 atom stereocenters. The molecule has 6 heteroatoms. The number of hydrogen-bond acceptors (Lipinski definition) is 6. The van der Waals surface area contributed by atoms with E-state index in [1.165, 1.54) is 76.3 Å². The van der Waals surface area contributed by atoms with E-state index in [2.05, 4.69) is 110 Å². The molecular weight excluding hydrogens is 589 g/mol. The second kappa shape index (κ2) is 10.7. The van der Waals surface area contributed by atoms with Crippen LogP contribution in [0, 0.1) is 0 Å². The number of benzene rings is 4. The van der Waals surface area contributed by atoms with E-state index in [0.717, 1.165) is 0 Å². The van der Waals surface area contributed by atoms with Gasteiger partial charge in [0.1, 0.15) is 0 Å². The van der Waals surface area contributed by atoms with Gasteiger partial charge in [-0.15, -0.1) is 69.3 Å². The van der Waals surface area contributed by atoms with Gasteiger partial charge in [-0.05, 0) is 55.2 Å². The first-order valence-corrected chi connectivity index (χ1v) is 18.6. The third-order valence-electron chi connectivity index (χ3n) is 7.05. The molecule has 3 aromatic heterocycles. The number of thioether (sulfide) groups is 3. The fourth-order valence-corrected chi connectivity index (χ4v) is 11.1. The lowest BCUT2D eigenvalue weighted by atomic mass is 10.1. The van der Waals surface area contributed by atoms with Crippen LogP contribution in [-0.2, 0) is 0 Å². The minimum absolute atomic E-state index is 1.33. The fourth-order valence-electron chi connectivity index (χ4n) is 5.22. The number of hydrogen-bond donors (Lipinski definition) is 0. The largest absolute Gasteiger partial charge is 0.134 e. The molecule has 0 unspecified atom stereocenters. The van der Waals surface area contributed by atoms with Crippen LogP contribution in [0.25, 0.3) is 61.6 Å². The summed E-state index contributed by atoms with van der Waals surface area (Å²) in [5.74, 6) is 0. The number of fused-ring (bicyclic) bond motifs is 6. The summed E-state index contributed by atoms with van der Waals surface area (Å²) in [5, 5.41) is 4.15. The minimum Gasteiger partial charge on any atom is -0.134 e. The molecule has 0 aliphatic carbocycles. The Balaban J connectivity index is 1.56. The number of thiophene rings is 3. The highest BCUT2D eigenvalue weighted by molar-refractivity contribution is 7.99. The lowest BCUT2D eigenvalue weighted by Crippen LogP contribution is -1.76. The molecule has 0 nitrogen and oxygen atoms in total. The van der Waals surface area contributed by atoms with Gasteiger partial charge in [0.05, 0.1) is 0 Å². The highest BCUT2D eigenvalue weighted by Crippen LogP contribution is 2.52. The topological polar surface area (TPSA) is 0 Å². The Bertz CT molecular complexity index is 1660. The first kappa shape index (κ1) is 25.8. The maximum absolute atomic E-state index is 2.45. The summed E-state index contributed by atoms with van der Waals surface area (Å²) >= 11 is 11.3. The zero-order valence-electron chi connectivity index (χ0n) is 21.6. The molecular formula is C33H24S6. The molecule has 0 N–H and O–H groups in total. The Labute approximate surface area is 253 Å². The van der Waals surface area contributed by atoms with Crippen molar-refractivity contribution in [2.75, 3.05) is 18.8 Å². The van der Waals surface area contributed by atoms with Gasteiger partial charge < -0.3 is 0 Å². The summed E-state index contributed by atoms with van der Waals surface area (Å²) in [6.45, 7) is 0. The van der Waals surface area contributed by atoms with E-state index in [1.54, 1.807) is 0 Å². The van der Waals surface area contributed by atoms with Crippen molar-refractivity contribution in [2.45, 2.75) is 14.7 Å². The Kier molecular flexibility index (Phi) is 7.04. The summed E-state index contributed by atoms with van der Waals surface area (Å²) in [6.07, 6.45) is 6.52. The maximum Gasteiger partial charge on any atom is 0.0451 e. The zero-order chi connectivity index (χ0) is 26.5. The van der Waals surface area contributed by atoms with Crippen molar-refractivity contribution in [2.24, 2.45) is 0 Å². The van der Waals surface area contributed by atoms with Crippen LogP contribution < -0.4 is 0 Å². The van der Waals surface area contributed by atoms with Gasteiger partial charge in [-0.2, -0.15) is 0 Å². The van der Waals surface area contributed by atoms with Gasteiger partial charge in [-0.25, -0.2) is 0 Å². The van der Waals surface area contributed by atoms with Crippen LogP contribution in [0.15, 0.2) is 106 Å². The SMILES string of the molecule is CSc1ccccc1-c1cc2c(s1)c1cc(-c3ccccc3SC)sc1c1cc(-c3ccccc3SC)sc21. The monoisotopic (exact) mass is 612 g/mol. The van der Waals surface area contributed by atoms with Crippen LogP contribution in [0.4, 0.5) is 0 Å². The van der Waals surface area contributed by atoms with Crippen molar-refractivity contribution in [3.05, 3.63) is 91.0 Å². The van der Waals surface area contributed by atoms with Crippen LogP contribution >= 0.6 is 69.3 Å². The summed E-state index contributed by atoms with van der Waals surface area (Å²) in [4.78, 5) is 8.04. The van der Waals surface area contributed by atoms with Gasteiger partial charge in [0.2, 0.25) is 0 Å². The van der Waals surface area contributed by atoms with Crippen molar-refractivity contribution in [1.82, 2.24) is 0 Å². The van der Waals surface area contributed by atoms with Crippen molar-refractivity contribution in [3.63, 3.8) is 0 Å². The first-order valence-electron chi connectivity index (χ1n) is 12.5. The predicted molar refractivity (Wildman–Crippen MR) is 184 cm³/mol. The molecule has 0 bridgehead atoms. The van der Waals surface area contributed by atoms with Crippen LogP contribution in [0.1, 0.15) is 0 Å². The van der Waals surface area contributed by atoms with Gasteiger partial charge in [0, 0.05) is 76.3 Å². The van der Waals surface area contributed by atoms with E-state index in [4.69, 9.17) is 0 Å². The zero-order valence-corrected chi connectivity index (χ0v) is 26.5. The Morgan fingerprint density at radius 3 is 0.974 bits per heavy atom. The lowest BCUT2D eigenvalue weighted by molar-refractivity contribution is 1.47. The summed E-state index contributed by atoms with van der Waals surface area (Å²) in [6, 6.07) is 33.8. The third-order valence-corrected chi connectivity index (χ3v) is 13.0. The average Bonchev–Trinajstić information content (AvgIpc) is 3.73. The highest BCUT2D eigenvalue weighted by atomic mass is 32.2. The van der Waals surface area contributed by atoms with Gasteiger partial charge in [0.15, 0.2) is 0 Å². The van der Waals surface area contributed by atoms with E-state index in [0.29, 0.717) is 0 Å². The van der Waals surface area contributed by atoms with Crippen LogP contribution in [0.5, 0.6) is 0 Å². The fraction of sp³-hybridized carbons (Fsp3) is 0.0909. The smallest absolute Gasteiger partial charge is 0.0451 e. The standard InChI is InChI=1S/C33H24S6/c1-34-25-13-7-4-10-19(25)28-16-22-31(37-28)23-17-29(20-11-5-8-14-26(20)35-2)39-33(23)24-18-30(38-32(22)24)21-12-6-9-15-27(21)36-3/h4-18H,1-3H3. The van der Waals surface area contributed by atoms with Gasteiger partial charge in [-0.1, -0.05) is 54.6 Å². The maximum atomic E-state index is 2.45. The van der Waals surface area contributed by atoms with Crippen LogP contribution in [0.3, 0.4) is 0 Å². The van der Waals surface area contributed by atoms with E-state index in [1.807, 2.05) is 69.3 Å². The Morgan fingerprint density at radius 2 is 0.692 bits per heavy atom. The summed E-state index contributed by atoms with van der Waals surface area (Å²) in [7, 11) is 0. The molecule has 7 rings (SSSR count). The van der Waals surface area contributed by atoms with E-state index >= 15 is 0 Å². The molecule has 4 aromatic carbocycles. The molecule has 0 amide bonds. The first-order chi connectivity index (χ1) is 19.2. The van der Waals surface area contributed by atoms with Crippen molar-refractivity contribution >= 4 is 99.6 Å². The molecule has 0 aliphatic heterocycles. The highest BCUT2D eigenvalue weighted by Gasteiger charge is 2.21. The molecule has 0 saturated heterocycles. The number of rotatable bonds is 6. The van der Waals surface area contributed by atoms with Gasteiger partial charge in [0.25, 0.3) is 0 Å². The second-order valence-corrected chi connectivity index (χ2v) is 14.9. The molecule has 0 aliphatic rings. The molecule has 0 spiro atoms. The van der Waals surface area contributed by atoms with E-state index in [9.17, 15) is 0 Å². The molecule has 0 radical (unpaired) electrons. The molecule has 3 heterocycles. The van der Waals surface area contributed by atoms with E-state index in [-0.39, 0.29) is 0 Å². The minimum atomic E-state index is 1.33. The summed E-state index contributed by atoms with van der Waals surface area (Å²) < 4.78 is 4.21. The molecule has 0 saturated carbocycles. The van der Waals surface area contributed by atoms with Crippen molar-refractivity contribution < 1.29 is 0 Å².